The Labute approximate surface area is 91.7 Å². The van der Waals surface area contributed by atoms with Gasteiger partial charge in [0.25, 0.3) is 5.56 Å². The molecule has 0 aliphatic carbocycles. The van der Waals surface area contributed by atoms with Crippen LogP contribution in [0.3, 0.4) is 0 Å². The van der Waals surface area contributed by atoms with E-state index in [4.69, 9.17) is 9.47 Å². The van der Waals surface area contributed by atoms with Crippen LogP contribution in [0.25, 0.3) is 0 Å². The van der Waals surface area contributed by atoms with Gasteiger partial charge in [0.15, 0.2) is 0 Å². The molecule has 82 valence electrons. The van der Waals surface area contributed by atoms with Crippen LogP contribution in [0.2, 0.25) is 0 Å². The smallest absolute Gasteiger partial charge is 0.293 e. The first kappa shape index (κ1) is 10.2. The normalized spacial score (nSPS) is 9.81. The highest BCUT2D eigenvalue weighted by Crippen LogP contribution is 2.22. The van der Waals surface area contributed by atoms with Gasteiger partial charge in [-0.3, -0.25) is 4.79 Å². The topological polar surface area (TPSA) is 64.2 Å². The third-order valence-corrected chi connectivity index (χ3v) is 1.95. The van der Waals surface area contributed by atoms with E-state index in [2.05, 4.69) is 9.97 Å². The predicted octanol–water partition coefficient (Wildman–Crippen LogP) is 1.57. The molecule has 0 atom stereocenters. The molecule has 5 heteroatoms. The maximum atomic E-state index is 11.3. The lowest BCUT2D eigenvalue weighted by molar-refractivity contribution is 0.408. The van der Waals surface area contributed by atoms with Crippen molar-refractivity contribution >= 4 is 0 Å². The second kappa shape index (κ2) is 4.48. The van der Waals surface area contributed by atoms with Gasteiger partial charge in [-0.2, -0.15) is 0 Å². The van der Waals surface area contributed by atoms with Crippen LogP contribution in [0.4, 0.5) is 0 Å². The minimum Gasteiger partial charge on any atom is -0.497 e. The van der Waals surface area contributed by atoms with Gasteiger partial charge in [0.1, 0.15) is 11.5 Å². The van der Waals surface area contributed by atoms with Gasteiger partial charge in [0.05, 0.1) is 19.6 Å². The number of nitrogens with one attached hydrogen (secondary N) is 1. The second-order valence-corrected chi connectivity index (χ2v) is 3.03. The van der Waals surface area contributed by atoms with Crippen molar-refractivity contribution in [3.05, 3.63) is 47.1 Å². The van der Waals surface area contributed by atoms with Crippen LogP contribution in [0.5, 0.6) is 17.2 Å². The predicted molar refractivity (Wildman–Crippen MR) is 57.9 cm³/mol. The molecular formula is C11H10N2O3. The van der Waals surface area contributed by atoms with Gasteiger partial charge >= 0.3 is 0 Å². The quantitative estimate of drug-likeness (QED) is 0.849. The molecule has 5 nitrogen and oxygen atoms in total. The fourth-order valence-corrected chi connectivity index (χ4v) is 1.19. The van der Waals surface area contributed by atoms with Gasteiger partial charge < -0.3 is 14.5 Å². The summed E-state index contributed by atoms with van der Waals surface area (Å²) in [6.45, 7) is 0. The molecule has 0 bridgehead atoms. The third kappa shape index (κ3) is 2.20. The molecule has 0 amide bonds. The van der Waals surface area contributed by atoms with E-state index in [0.717, 1.165) is 0 Å². The molecule has 1 aromatic carbocycles. The van der Waals surface area contributed by atoms with E-state index in [-0.39, 0.29) is 11.3 Å². The molecule has 0 spiro atoms. The van der Waals surface area contributed by atoms with Crippen LogP contribution < -0.4 is 15.0 Å². The van der Waals surface area contributed by atoms with Crippen molar-refractivity contribution < 1.29 is 9.47 Å². The summed E-state index contributed by atoms with van der Waals surface area (Å²) in [5.41, 5.74) is -0.321. The molecule has 0 radical (unpaired) electrons. The third-order valence-electron chi connectivity index (χ3n) is 1.95. The Morgan fingerprint density at radius 3 is 2.88 bits per heavy atom. The summed E-state index contributed by atoms with van der Waals surface area (Å²) in [6.07, 6.45) is 2.67. The first-order valence-corrected chi connectivity index (χ1v) is 4.64. The number of aromatic amines is 1. The lowest BCUT2D eigenvalue weighted by Crippen LogP contribution is -2.08. The number of rotatable bonds is 3. The molecule has 0 saturated carbocycles. The number of nitrogens with zero attached hydrogens (tertiary/aromatic N) is 1. The number of hydrogen-bond acceptors (Lipinski definition) is 4. The maximum absolute atomic E-state index is 11.3. The summed E-state index contributed by atoms with van der Waals surface area (Å²) in [5, 5.41) is 0. The van der Waals surface area contributed by atoms with Gasteiger partial charge in [-0.05, 0) is 12.1 Å². The fraction of sp³-hybridized carbons (Fsp3) is 0.0909. The number of aromatic nitrogens is 2. The Morgan fingerprint density at radius 1 is 1.31 bits per heavy atom. The van der Waals surface area contributed by atoms with Crippen LogP contribution in [0.15, 0.2) is 41.6 Å². The zero-order valence-electron chi connectivity index (χ0n) is 8.64. The van der Waals surface area contributed by atoms with E-state index in [1.807, 2.05) is 0 Å². The molecule has 2 rings (SSSR count). The fourth-order valence-electron chi connectivity index (χ4n) is 1.19. The molecule has 0 fully saturated rings. The summed E-state index contributed by atoms with van der Waals surface area (Å²) in [4.78, 5) is 17.5. The van der Waals surface area contributed by atoms with E-state index in [1.54, 1.807) is 31.4 Å². The Balaban J connectivity index is 2.27. The first-order chi connectivity index (χ1) is 7.79. The summed E-state index contributed by atoms with van der Waals surface area (Å²) < 4.78 is 10.4. The molecule has 1 heterocycles. The van der Waals surface area contributed by atoms with Crippen molar-refractivity contribution in [2.75, 3.05) is 7.11 Å². The minimum atomic E-state index is -0.321. The molecule has 0 aliphatic heterocycles. The molecule has 0 aliphatic rings. The van der Waals surface area contributed by atoms with E-state index >= 15 is 0 Å². The molecule has 1 N–H and O–H groups in total. The Hall–Kier alpha value is -2.30. The average Bonchev–Trinajstić information content (AvgIpc) is 2.32. The zero-order valence-corrected chi connectivity index (χ0v) is 8.64. The van der Waals surface area contributed by atoms with Gasteiger partial charge in [0.2, 0.25) is 5.75 Å². The van der Waals surface area contributed by atoms with Crippen LogP contribution in [-0.2, 0) is 0 Å². The Kier molecular flexibility index (Phi) is 2.86. The molecular weight excluding hydrogens is 208 g/mol. The number of H-pyrrole nitrogens is 1. The molecule has 0 saturated heterocycles. The number of benzene rings is 1. The van der Waals surface area contributed by atoms with Crippen molar-refractivity contribution in [2.45, 2.75) is 0 Å². The van der Waals surface area contributed by atoms with Gasteiger partial charge in [-0.25, -0.2) is 4.98 Å². The van der Waals surface area contributed by atoms with Crippen molar-refractivity contribution in [1.29, 1.82) is 0 Å². The monoisotopic (exact) mass is 218 g/mol. The standard InChI is InChI=1S/C11H10N2O3/c1-15-8-3-2-4-9(5-8)16-10-6-12-7-13-11(10)14/h2-7H,1H3,(H,12,13,14). The number of methoxy groups -OCH3 is 1. The van der Waals surface area contributed by atoms with Crippen molar-refractivity contribution in [3.8, 4) is 17.2 Å². The summed E-state index contributed by atoms with van der Waals surface area (Å²) in [7, 11) is 1.57. The number of hydrogen-bond donors (Lipinski definition) is 1. The first-order valence-electron chi connectivity index (χ1n) is 4.64. The highest BCUT2D eigenvalue weighted by Gasteiger charge is 2.02. The maximum Gasteiger partial charge on any atom is 0.293 e. The SMILES string of the molecule is COc1cccc(Oc2cnc[nH]c2=O)c1. The minimum absolute atomic E-state index is 0.149. The Morgan fingerprint density at radius 2 is 2.12 bits per heavy atom. The molecule has 0 unspecified atom stereocenters. The average molecular weight is 218 g/mol. The zero-order chi connectivity index (χ0) is 11.4. The summed E-state index contributed by atoms with van der Waals surface area (Å²) in [6, 6.07) is 6.99. The van der Waals surface area contributed by atoms with Crippen LogP contribution in [-0.4, -0.2) is 17.1 Å². The highest BCUT2D eigenvalue weighted by molar-refractivity contribution is 5.35. The van der Waals surface area contributed by atoms with Gasteiger partial charge in [-0.1, -0.05) is 6.07 Å². The van der Waals surface area contributed by atoms with Crippen LogP contribution in [0, 0.1) is 0 Å². The summed E-state index contributed by atoms with van der Waals surface area (Å²) in [5.74, 6) is 1.34. The van der Waals surface area contributed by atoms with Crippen LogP contribution in [0.1, 0.15) is 0 Å². The van der Waals surface area contributed by atoms with Crippen molar-refractivity contribution in [3.63, 3.8) is 0 Å². The molecule has 16 heavy (non-hydrogen) atoms. The summed E-state index contributed by atoms with van der Waals surface area (Å²) >= 11 is 0. The lowest BCUT2D eigenvalue weighted by Gasteiger charge is -2.05. The van der Waals surface area contributed by atoms with E-state index in [1.165, 1.54) is 12.5 Å². The highest BCUT2D eigenvalue weighted by atomic mass is 16.5. The largest absolute Gasteiger partial charge is 0.497 e. The molecule has 1 aromatic heterocycles. The Bertz CT molecular complexity index is 537. The molecule has 2 aromatic rings. The number of ether oxygens (including phenoxy) is 2. The van der Waals surface area contributed by atoms with Crippen molar-refractivity contribution in [1.82, 2.24) is 9.97 Å². The second-order valence-electron chi connectivity index (χ2n) is 3.03. The van der Waals surface area contributed by atoms with E-state index < -0.39 is 0 Å². The lowest BCUT2D eigenvalue weighted by atomic mass is 10.3. The van der Waals surface area contributed by atoms with Gasteiger partial charge in [-0.15, -0.1) is 0 Å². The van der Waals surface area contributed by atoms with E-state index in [0.29, 0.717) is 11.5 Å². The van der Waals surface area contributed by atoms with Crippen LogP contribution >= 0.6 is 0 Å². The van der Waals surface area contributed by atoms with E-state index in [9.17, 15) is 4.79 Å². The van der Waals surface area contributed by atoms with Gasteiger partial charge in [0, 0.05) is 6.07 Å². The van der Waals surface area contributed by atoms with Crippen molar-refractivity contribution in [2.24, 2.45) is 0 Å².